The van der Waals surface area contributed by atoms with Crippen LogP contribution in [-0.4, -0.2) is 79.9 Å². The van der Waals surface area contributed by atoms with Crippen LogP contribution < -0.4 is 10.6 Å². The Bertz CT molecular complexity index is 717. The van der Waals surface area contributed by atoms with Gasteiger partial charge in [-0.15, -0.1) is 0 Å². The first-order chi connectivity index (χ1) is 14.3. The molecule has 0 aliphatic carbocycles. The summed E-state index contributed by atoms with van der Waals surface area (Å²) in [4.78, 5) is 20.4. The van der Waals surface area contributed by atoms with E-state index in [0.717, 1.165) is 38.8 Å². The molecule has 2 N–H and O–H groups in total. The van der Waals surface area contributed by atoms with Crippen molar-refractivity contribution in [3.05, 3.63) is 35.4 Å². The first-order valence-electron chi connectivity index (χ1n) is 10.7. The Morgan fingerprint density at radius 1 is 1.17 bits per heavy atom. The van der Waals surface area contributed by atoms with Crippen molar-refractivity contribution in [2.45, 2.75) is 45.5 Å². The van der Waals surface area contributed by atoms with Crippen LogP contribution in [0.15, 0.2) is 29.3 Å². The van der Waals surface area contributed by atoms with Gasteiger partial charge in [0.1, 0.15) is 5.60 Å². The molecule has 0 saturated carbocycles. The number of ether oxygens (including phenoxy) is 2. The second-order valence-electron chi connectivity index (χ2n) is 8.86. The van der Waals surface area contributed by atoms with E-state index in [1.54, 1.807) is 11.9 Å². The third-order valence-electron chi connectivity index (χ3n) is 5.09. The number of hydrogen-bond acceptors (Lipinski definition) is 5. The highest BCUT2D eigenvalue weighted by Crippen LogP contribution is 2.15. The van der Waals surface area contributed by atoms with E-state index in [9.17, 15) is 4.79 Å². The van der Waals surface area contributed by atoms with E-state index in [-0.39, 0.29) is 12.1 Å². The summed E-state index contributed by atoms with van der Waals surface area (Å²) < 4.78 is 10.8. The number of aliphatic imine (C=N–C) groups is 1. The summed E-state index contributed by atoms with van der Waals surface area (Å²) in [7, 11) is 1.76. The van der Waals surface area contributed by atoms with E-state index in [4.69, 9.17) is 9.47 Å². The molecular weight excluding hydrogens is 382 g/mol. The van der Waals surface area contributed by atoms with Crippen LogP contribution in [0.5, 0.6) is 0 Å². The highest BCUT2D eigenvalue weighted by Gasteiger charge is 2.34. The van der Waals surface area contributed by atoms with Crippen LogP contribution >= 0.6 is 0 Å². The van der Waals surface area contributed by atoms with E-state index < -0.39 is 5.60 Å². The molecule has 2 saturated heterocycles. The predicted octanol–water partition coefficient (Wildman–Crippen LogP) is 1.80. The van der Waals surface area contributed by atoms with Crippen molar-refractivity contribution in [1.82, 2.24) is 20.4 Å². The molecule has 0 spiro atoms. The van der Waals surface area contributed by atoms with Gasteiger partial charge in [-0.25, -0.2) is 4.79 Å². The van der Waals surface area contributed by atoms with E-state index in [1.807, 2.05) is 20.8 Å². The summed E-state index contributed by atoms with van der Waals surface area (Å²) in [6, 6.07) is 8.87. The number of carbonyl (C=O) groups excluding carboxylic acids is 1. The Labute approximate surface area is 179 Å². The van der Waals surface area contributed by atoms with Crippen LogP contribution in [0.25, 0.3) is 0 Å². The fraction of sp³-hybridized carbons (Fsp3) is 0.636. The van der Waals surface area contributed by atoms with Crippen LogP contribution in [0.2, 0.25) is 0 Å². The average Bonchev–Trinajstić information content (AvgIpc) is 2.67. The molecule has 2 aliphatic heterocycles. The summed E-state index contributed by atoms with van der Waals surface area (Å²) in [6.07, 6.45) is -0.263. The smallest absolute Gasteiger partial charge is 0.410 e. The first kappa shape index (κ1) is 22.4. The zero-order valence-corrected chi connectivity index (χ0v) is 18.6. The fourth-order valence-corrected chi connectivity index (χ4v) is 3.40. The maximum Gasteiger partial charge on any atom is 0.410 e. The van der Waals surface area contributed by atoms with Gasteiger partial charge >= 0.3 is 6.09 Å². The molecule has 0 aromatic heterocycles. The third-order valence-corrected chi connectivity index (χ3v) is 5.09. The number of nitrogens with zero attached hydrogens (tertiary/aromatic N) is 3. The van der Waals surface area contributed by atoms with Crippen molar-refractivity contribution in [2.24, 2.45) is 4.99 Å². The lowest BCUT2D eigenvalue weighted by Gasteiger charge is -2.40. The largest absolute Gasteiger partial charge is 0.444 e. The summed E-state index contributed by atoms with van der Waals surface area (Å²) in [5.74, 6) is 0.737. The number of benzene rings is 1. The normalized spacial score (nSPS) is 18.7. The molecule has 166 valence electrons. The molecule has 2 heterocycles. The van der Waals surface area contributed by atoms with Crippen LogP contribution in [0.3, 0.4) is 0 Å². The topological polar surface area (TPSA) is 78.4 Å². The third kappa shape index (κ3) is 6.88. The molecule has 1 amide bonds. The summed E-state index contributed by atoms with van der Waals surface area (Å²) in [6.45, 7) is 12.2. The van der Waals surface area contributed by atoms with Gasteiger partial charge < -0.3 is 25.0 Å². The lowest BCUT2D eigenvalue weighted by molar-refractivity contribution is 0.00701. The average molecular weight is 418 g/mol. The van der Waals surface area contributed by atoms with Gasteiger partial charge in [-0.05, 0) is 31.9 Å². The van der Waals surface area contributed by atoms with Crippen LogP contribution in [0, 0.1) is 0 Å². The molecule has 0 atom stereocenters. The number of likely N-dealkylation sites (tertiary alicyclic amines) is 1. The van der Waals surface area contributed by atoms with Crippen LogP contribution in [0.1, 0.15) is 31.9 Å². The minimum absolute atomic E-state index is 0.180. The number of morpholine rings is 1. The standard InChI is InChI=1S/C22H35N5O3/c1-22(2,3)30-21(28)27-15-19(16-27)25-20(23-4)24-13-17-5-7-18(8-6-17)14-26-9-11-29-12-10-26/h5-8,19H,9-16H2,1-4H3,(H2,23,24,25). The van der Waals surface area contributed by atoms with Crippen molar-refractivity contribution in [1.29, 1.82) is 0 Å². The Hall–Kier alpha value is -2.32. The van der Waals surface area contributed by atoms with Gasteiger partial charge in [0.2, 0.25) is 0 Å². The zero-order valence-electron chi connectivity index (χ0n) is 18.6. The molecule has 1 aromatic rings. The van der Waals surface area contributed by atoms with Gasteiger partial charge in [-0.2, -0.15) is 0 Å². The minimum Gasteiger partial charge on any atom is -0.444 e. The lowest BCUT2D eigenvalue weighted by atomic mass is 10.1. The molecule has 0 radical (unpaired) electrons. The van der Waals surface area contributed by atoms with E-state index in [0.29, 0.717) is 19.6 Å². The van der Waals surface area contributed by atoms with Crippen molar-refractivity contribution in [2.75, 3.05) is 46.4 Å². The summed E-state index contributed by atoms with van der Waals surface area (Å²) in [5.41, 5.74) is 2.05. The molecule has 30 heavy (non-hydrogen) atoms. The Morgan fingerprint density at radius 3 is 2.40 bits per heavy atom. The highest BCUT2D eigenvalue weighted by molar-refractivity contribution is 5.80. The van der Waals surface area contributed by atoms with Crippen LogP contribution in [-0.2, 0) is 22.6 Å². The number of amides is 1. The fourth-order valence-electron chi connectivity index (χ4n) is 3.40. The van der Waals surface area contributed by atoms with Gasteiger partial charge in [-0.1, -0.05) is 24.3 Å². The van der Waals surface area contributed by atoms with E-state index in [2.05, 4.69) is 44.8 Å². The van der Waals surface area contributed by atoms with Gasteiger partial charge in [0, 0.05) is 46.3 Å². The van der Waals surface area contributed by atoms with Crippen molar-refractivity contribution in [3.63, 3.8) is 0 Å². The summed E-state index contributed by atoms with van der Waals surface area (Å²) >= 11 is 0. The van der Waals surface area contributed by atoms with Crippen molar-refractivity contribution in [3.8, 4) is 0 Å². The molecule has 0 bridgehead atoms. The monoisotopic (exact) mass is 417 g/mol. The van der Waals surface area contributed by atoms with Gasteiger partial charge in [0.25, 0.3) is 0 Å². The zero-order chi connectivity index (χ0) is 21.6. The maximum atomic E-state index is 12.0. The van der Waals surface area contributed by atoms with Gasteiger partial charge in [0.15, 0.2) is 5.96 Å². The quantitative estimate of drug-likeness (QED) is 0.562. The molecule has 1 aromatic carbocycles. The minimum atomic E-state index is -0.467. The lowest BCUT2D eigenvalue weighted by Crippen LogP contribution is -2.63. The Balaban J connectivity index is 1.38. The number of guanidine groups is 1. The summed E-state index contributed by atoms with van der Waals surface area (Å²) in [5, 5.41) is 6.70. The molecule has 2 fully saturated rings. The van der Waals surface area contributed by atoms with E-state index >= 15 is 0 Å². The number of hydrogen-bond donors (Lipinski definition) is 2. The maximum absolute atomic E-state index is 12.0. The van der Waals surface area contributed by atoms with Crippen LogP contribution in [0.4, 0.5) is 4.79 Å². The first-order valence-corrected chi connectivity index (χ1v) is 10.7. The number of nitrogens with one attached hydrogen (secondary N) is 2. The molecular formula is C22H35N5O3. The second kappa shape index (κ2) is 10.1. The number of carbonyl (C=O) groups is 1. The predicted molar refractivity (Wildman–Crippen MR) is 117 cm³/mol. The van der Waals surface area contributed by atoms with Crippen molar-refractivity contribution >= 4 is 12.1 Å². The molecule has 0 unspecified atom stereocenters. The molecule has 3 rings (SSSR count). The van der Waals surface area contributed by atoms with Gasteiger partial charge in [0.05, 0.1) is 19.3 Å². The Kier molecular flexibility index (Phi) is 7.55. The highest BCUT2D eigenvalue weighted by atomic mass is 16.6. The Morgan fingerprint density at radius 2 is 1.80 bits per heavy atom. The van der Waals surface area contributed by atoms with Crippen molar-refractivity contribution < 1.29 is 14.3 Å². The number of rotatable bonds is 5. The van der Waals surface area contributed by atoms with Gasteiger partial charge in [-0.3, -0.25) is 9.89 Å². The SMILES string of the molecule is CN=C(NCc1ccc(CN2CCOCC2)cc1)NC1CN(C(=O)OC(C)(C)C)C1. The van der Waals surface area contributed by atoms with E-state index in [1.165, 1.54) is 11.1 Å². The molecule has 8 nitrogen and oxygen atoms in total. The second-order valence-corrected chi connectivity index (χ2v) is 8.86. The molecule has 2 aliphatic rings. The molecule has 8 heteroatoms.